The molecule has 2 heterocycles. The van der Waals surface area contributed by atoms with E-state index in [2.05, 4.69) is 229 Å². The minimum absolute atomic E-state index is 0.817. The summed E-state index contributed by atoms with van der Waals surface area (Å²) in [5.74, 6) is 1.67. The van der Waals surface area contributed by atoms with Crippen LogP contribution in [0.3, 0.4) is 0 Å². The van der Waals surface area contributed by atoms with E-state index in [1.807, 2.05) is 11.3 Å². The Morgan fingerprint density at radius 2 is 0.934 bits per heavy atom. The molecule has 0 aliphatic carbocycles. The van der Waals surface area contributed by atoms with Crippen molar-refractivity contribution in [3.63, 3.8) is 0 Å². The van der Waals surface area contributed by atoms with Gasteiger partial charge in [0.25, 0.3) is 0 Å². The zero-order chi connectivity index (χ0) is 40.3. The SMILES string of the molecule is c1ccc(-c2ccc(N(c3ccc(-c4cccc5c4sc4ccccc45)cc3)c3cccc4c3-c3cc(-c5ccccc5)ccc3-c3cc5ccccc5cc3O4)cc2)cc1. The average Bonchev–Trinajstić information content (AvgIpc) is 3.65. The molecule has 0 amide bonds. The van der Waals surface area contributed by atoms with Crippen molar-refractivity contribution in [2.45, 2.75) is 0 Å². The zero-order valence-electron chi connectivity index (χ0n) is 33.1. The summed E-state index contributed by atoms with van der Waals surface area (Å²) in [5.41, 5.74) is 14.7. The largest absolute Gasteiger partial charge is 0.456 e. The number of hydrogen-bond donors (Lipinski definition) is 0. The fourth-order valence-electron chi connectivity index (χ4n) is 9.12. The van der Waals surface area contributed by atoms with Crippen LogP contribution in [0.2, 0.25) is 0 Å². The molecule has 61 heavy (non-hydrogen) atoms. The van der Waals surface area contributed by atoms with Crippen LogP contribution in [-0.4, -0.2) is 0 Å². The molecule has 1 aliphatic rings. The Bertz CT molecular complexity index is 3420. The van der Waals surface area contributed by atoms with E-state index < -0.39 is 0 Å². The van der Waals surface area contributed by atoms with E-state index in [0.717, 1.165) is 61.8 Å². The molecule has 286 valence electrons. The molecule has 11 aromatic rings. The number of thiophene rings is 1. The van der Waals surface area contributed by atoms with Crippen molar-refractivity contribution in [1.82, 2.24) is 0 Å². The topological polar surface area (TPSA) is 12.5 Å². The van der Waals surface area contributed by atoms with Crippen molar-refractivity contribution in [2.24, 2.45) is 0 Å². The summed E-state index contributed by atoms with van der Waals surface area (Å²) in [7, 11) is 0. The average molecular weight is 796 g/mol. The molecule has 3 heteroatoms. The summed E-state index contributed by atoms with van der Waals surface area (Å²) in [6.07, 6.45) is 0. The normalized spacial score (nSPS) is 11.7. The highest BCUT2D eigenvalue weighted by atomic mass is 32.1. The predicted molar refractivity (Wildman–Crippen MR) is 259 cm³/mol. The maximum atomic E-state index is 7.10. The van der Waals surface area contributed by atoms with Crippen molar-refractivity contribution >= 4 is 59.3 Å². The van der Waals surface area contributed by atoms with Crippen LogP contribution in [0, 0.1) is 0 Å². The minimum atomic E-state index is 0.817. The fourth-order valence-corrected chi connectivity index (χ4v) is 10.4. The first kappa shape index (κ1) is 35.2. The quantitative estimate of drug-likeness (QED) is 0.166. The number of ether oxygens (including phenoxy) is 1. The van der Waals surface area contributed by atoms with E-state index >= 15 is 0 Å². The molecule has 1 aromatic heterocycles. The molecule has 0 spiro atoms. The van der Waals surface area contributed by atoms with Crippen LogP contribution in [0.25, 0.3) is 86.6 Å². The van der Waals surface area contributed by atoms with E-state index in [4.69, 9.17) is 4.74 Å². The minimum Gasteiger partial charge on any atom is -0.456 e. The molecule has 0 atom stereocenters. The van der Waals surface area contributed by atoms with Gasteiger partial charge in [-0.05, 0) is 116 Å². The molecule has 1 aliphatic heterocycles. The summed E-state index contributed by atoms with van der Waals surface area (Å²) in [5, 5.41) is 4.94. The molecule has 0 saturated heterocycles. The third-order valence-electron chi connectivity index (χ3n) is 12.1. The summed E-state index contributed by atoms with van der Waals surface area (Å²) in [6, 6.07) is 81.1. The van der Waals surface area contributed by atoms with Gasteiger partial charge in [-0.2, -0.15) is 0 Å². The number of fused-ring (bicyclic) bond motifs is 9. The van der Waals surface area contributed by atoms with Gasteiger partial charge in [0.2, 0.25) is 0 Å². The van der Waals surface area contributed by atoms with Crippen molar-refractivity contribution in [1.29, 1.82) is 0 Å². The molecule has 0 bridgehead atoms. The van der Waals surface area contributed by atoms with Crippen LogP contribution in [0.5, 0.6) is 11.5 Å². The van der Waals surface area contributed by atoms with Gasteiger partial charge in [-0.15, -0.1) is 11.3 Å². The highest BCUT2D eigenvalue weighted by Crippen LogP contribution is 2.54. The molecule has 12 rings (SSSR count). The lowest BCUT2D eigenvalue weighted by molar-refractivity contribution is 0.488. The Hall–Kier alpha value is -7.72. The van der Waals surface area contributed by atoms with Gasteiger partial charge in [0.15, 0.2) is 0 Å². The van der Waals surface area contributed by atoms with Crippen LogP contribution in [0.1, 0.15) is 0 Å². The monoisotopic (exact) mass is 795 g/mol. The molecule has 10 aromatic carbocycles. The lowest BCUT2D eigenvalue weighted by atomic mass is 9.89. The lowest BCUT2D eigenvalue weighted by Crippen LogP contribution is -2.11. The van der Waals surface area contributed by atoms with Crippen LogP contribution < -0.4 is 9.64 Å². The molecular weight excluding hydrogens is 759 g/mol. The van der Waals surface area contributed by atoms with E-state index in [0.29, 0.717) is 0 Å². The lowest BCUT2D eigenvalue weighted by Gasteiger charge is -2.29. The Morgan fingerprint density at radius 1 is 0.344 bits per heavy atom. The van der Waals surface area contributed by atoms with E-state index in [9.17, 15) is 0 Å². The molecule has 0 saturated carbocycles. The molecule has 0 N–H and O–H groups in total. The standard InChI is InChI=1S/C58H37NOS/c1-3-13-38(14-4-1)40-25-30-45(31-26-40)59(46-32-27-41(28-33-46)47-20-11-21-50-49-19-9-10-24-56(49)61-58(47)50)53-22-12-23-54-57(53)52-36-44(39-15-5-2-6-16-39)29-34-48(52)51-35-42-17-7-8-18-43(42)37-55(51)60-54/h1-37H. The van der Waals surface area contributed by atoms with Crippen molar-refractivity contribution in [3.05, 3.63) is 224 Å². The summed E-state index contributed by atoms with van der Waals surface area (Å²) in [4.78, 5) is 2.40. The van der Waals surface area contributed by atoms with Gasteiger partial charge in [0.1, 0.15) is 11.5 Å². The zero-order valence-corrected chi connectivity index (χ0v) is 33.9. The highest BCUT2D eigenvalue weighted by Gasteiger charge is 2.28. The summed E-state index contributed by atoms with van der Waals surface area (Å²) >= 11 is 1.87. The second-order valence-corrected chi connectivity index (χ2v) is 16.7. The Kier molecular flexibility index (Phi) is 8.39. The van der Waals surface area contributed by atoms with Gasteiger partial charge in [0, 0.05) is 42.7 Å². The smallest absolute Gasteiger partial charge is 0.137 e. The Morgan fingerprint density at radius 3 is 1.69 bits per heavy atom. The number of hydrogen-bond acceptors (Lipinski definition) is 3. The number of benzene rings is 10. The van der Waals surface area contributed by atoms with Gasteiger partial charge in [-0.1, -0.05) is 164 Å². The third kappa shape index (κ3) is 6.09. The van der Waals surface area contributed by atoms with Gasteiger partial charge >= 0.3 is 0 Å². The summed E-state index contributed by atoms with van der Waals surface area (Å²) < 4.78 is 9.72. The molecule has 0 fully saturated rings. The first-order valence-electron chi connectivity index (χ1n) is 20.7. The van der Waals surface area contributed by atoms with Gasteiger partial charge in [-0.25, -0.2) is 0 Å². The molecule has 0 radical (unpaired) electrons. The van der Waals surface area contributed by atoms with Gasteiger partial charge < -0.3 is 9.64 Å². The first-order valence-corrected chi connectivity index (χ1v) is 21.6. The van der Waals surface area contributed by atoms with Gasteiger partial charge in [0.05, 0.1) is 5.69 Å². The maximum absolute atomic E-state index is 7.10. The first-order chi connectivity index (χ1) is 30.2. The van der Waals surface area contributed by atoms with Crippen molar-refractivity contribution in [3.8, 4) is 67.1 Å². The van der Waals surface area contributed by atoms with E-state index in [-0.39, 0.29) is 0 Å². The predicted octanol–water partition coefficient (Wildman–Crippen LogP) is 17.1. The third-order valence-corrected chi connectivity index (χ3v) is 13.3. The molecule has 0 unspecified atom stereocenters. The van der Waals surface area contributed by atoms with Crippen LogP contribution in [0.4, 0.5) is 17.1 Å². The second-order valence-electron chi connectivity index (χ2n) is 15.6. The molecular formula is C58H37NOS. The number of rotatable bonds is 6. The van der Waals surface area contributed by atoms with Crippen LogP contribution in [-0.2, 0) is 0 Å². The van der Waals surface area contributed by atoms with E-state index in [1.54, 1.807) is 0 Å². The fraction of sp³-hybridized carbons (Fsp3) is 0. The number of nitrogens with zero attached hydrogens (tertiary/aromatic N) is 1. The van der Waals surface area contributed by atoms with Crippen LogP contribution >= 0.6 is 11.3 Å². The molecule has 2 nitrogen and oxygen atoms in total. The summed E-state index contributed by atoms with van der Waals surface area (Å²) in [6.45, 7) is 0. The number of anilines is 3. The van der Waals surface area contributed by atoms with Crippen molar-refractivity contribution in [2.75, 3.05) is 4.90 Å². The van der Waals surface area contributed by atoms with E-state index in [1.165, 1.54) is 53.4 Å². The highest BCUT2D eigenvalue weighted by molar-refractivity contribution is 7.26. The van der Waals surface area contributed by atoms with Gasteiger partial charge in [-0.3, -0.25) is 0 Å². The Labute approximate surface area is 358 Å². The van der Waals surface area contributed by atoms with Crippen molar-refractivity contribution < 1.29 is 4.74 Å². The second kappa shape index (κ2) is 14.5. The Balaban J connectivity index is 1.07. The van der Waals surface area contributed by atoms with Crippen LogP contribution in [0.15, 0.2) is 224 Å². The maximum Gasteiger partial charge on any atom is 0.137 e.